The van der Waals surface area contributed by atoms with Crippen molar-refractivity contribution < 1.29 is 26.3 Å². The van der Waals surface area contributed by atoms with Crippen LogP contribution < -0.4 is 10.6 Å². The summed E-state index contributed by atoms with van der Waals surface area (Å²) in [6.45, 7) is 0.162. The van der Waals surface area contributed by atoms with Crippen molar-refractivity contribution in [2.75, 3.05) is 10.6 Å². The van der Waals surface area contributed by atoms with Crippen LogP contribution in [0.1, 0.15) is 22.3 Å². The third-order valence-corrected chi connectivity index (χ3v) is 5.62. The number of hydrogen-bond donors (Lipinski definition) is 2. The van der Waals surface area contributed by atoms with Crippen LogP contribution in [-0.2, 0) is 25.4 Å². The van der Waals surface area contributed by atoms with E-state index < -0.39 is 23.5 Å². The number of benzene rings is 2. The molecule has 14 heteroatoms. The SMILES string of the molecule is FC(F)(F)c1ccc(Cn2cnc3c(NCc4cccc(C(F)(F)F)c4)nc(Nc4cnccn4)nc32)cc1. The summed E-state index contributed by atoms with van der Waals surface area (Å²) in [4.78, 5) is 21.3. The Morgan fingerprint density at radius 3 is 2.26 bits per heavy atom. The van der Waals surface area contributed by atoms with Crippen LogP contribution in [0.4, 0.5) is 43.9 Å². The van der Waals surface area contributed by atoms with Gasteiger partial charge in [-0.25, -0.2) is 9.97 Å². The second-order valence-corrected chi connectivity index (χ2v) is 8.40. The topological polar surface area (TPSA) is 93.4 Å². The van der Waals surface area contributed by atoms with Gasteiger partial charge in [0.15, 0.2) is 22.8 Å². The molecule has 0 atom stereocenters. The van der Waals surface area contributed by atoms with Crippen molar-refractivity contribution in [1.29, 1.82) is 0 Å². The number of hydrogen-bond acceptors (Lipinski definition) is 7. The molecular formula is C25H18F6N8. The fourth-order valence-corrected chi connectivity index (χ4v) is 3.76. The molecule has 0 fully saturated rings. The van der Waals surface area contributed by atoms with Gasteiger partial charge in [-0.1, -0.05) is 24.3 Å². The molecule has 8 nitrogen and oxygen atoms in total. The van der Waals surface area contributed by atoms with E-state index in [-0.39, 0.29) is 24.9 Å². The molecule has 0 saturated carbocycles. The summed E-state index contributed by atoms with van der Waals surface area (Å²) >= 11 is 0. The number of rotatable bonds is 7. The second kappa shape index (κ2) is 10.2. The summed E-state index contributed by atoms with van der Waals surface area (Å²) in [6.07, 6.45) is -3.09. The maximum Gasteiger partial charge on any atom is 0.416 e. The summed E-state index contributed by atoms with van der Waals surface area (Å²) in [5, 5.41) is 5.93. The molecule has 2 aromatic carbocycles. The van der Waals surface area contributed by atoms with Crippen molar-refractivity contribution in [2.24, 2.45) is 0 Å². The van der Waals surface area contributed by atoms with Crippen molar-refractivity contribution >= 4 is 28.7 Å². The summed E-state index contributed by atoms with van der Waals surface area (Å²) in [5.41, 5.74) is 0.0505. The number of anilines is 3. The average molecular weight is 544 g/mol. The zero-order chi connectivity index (χ0) is 27.6. The zero-order valence-corrected chi connectivity index (χ0v) is 19.8. The third-order valence-electron chi connectivity index (χ3n) is 5.62. The Morgan fingerprint density at radius 1 is 0.795 bits per heavy atom. The molecule has 0 radical (unpaired) electrons. The van der Waals surface area contributed by atoms with Gasteiger partial charge in [-0.15, -0.1) is 0 Å². The normalized spacial score (nSPS) is 12.1. The van der Waals surface area contributed by atoms with Gasteiger partial charge in [0.25, 0.3) is 0 Å². The summed E-state index contributed by atoms with van der Waals surface area (Å²) in [5.74, 6) is 0.674. The fraction of sp³-hybridized carbons (Fsp3) is 0.160. The molecule has 39 heavy (non-hydrogen) atoms. The van der Waals surface area contributed by atoms with Gasteiger partial charge in [0.05, 0.1) is 30.2 Å². The molecule has 2 N–H and O–H groups in total. The molecule has 5 aromatic rings. The Labute approximate surface area is 216 Å². The summed E-state index contributed by atoms with van der Waals surface area (Å²) < 4.78 is 79.8. The molecule has 0 aliphatic rings. The lowest BCUT2D eigenvalue weighted by Gasteiger charge is -2.12. The lowest BCUT2D eigenvalue weighted by molar-refractivity contribution is -0.138. The standard InChI is InChI=1S/C25H18F6N8/c26-24(27,28)17-6-4-15(5-7-17)13-39-14-35-20-21(34-11-16-2-1-3-18(10-16)25(29,30)31)37-23(38-22(20)39)36-19-12-32-8-9-33-19/h1-10,12,14H,11,13H2,(H2,33,34,36,37,38). The van der Waals surface area contributed by atoms with Crippen LogP contribution in [0.15, 0.2) is 73.4 Å². The Balaban J connectivity index is 1.47. The third kappa shape index (κ3) is 6.05. The van der Waals surface area contributed by atoms with Gasteiger partial charge in [0.1, 0.15) is 0 Å². The van der Waals surface area contributed by atoms with E-state index >= 15 is 0 Å². The second-order valence-electron chi connectivity index (χ2n) is 8.40. The first-order valence-corrected chi connectivity index (χ1v) is 11.4. The Hall–Kier alpha value is -4.75. The highest BCUT2D eigenvalue weighted by molar-refractivity contribution is 5.84. The maximum atomic E-state index is 13.1. The lowest BCUT2D eigenvalue weighted by atomic mass is 10.1. The summed E-state index contributed by atoms with van der Waals surface area (Å²) in [7, 11) is 0. The predicted molar refractivity (Wildman–Crippen MR) is 130 cm³/mol. The van der Waals surface area contributed by atoms with E-state index in [0.29, 0.717) is 28.1 Å². The first kappa shape index (κ1) is 25.9. The molecule has 0 spiro atoms. The van der Waals surface area contributed by atoms with Gasteiger partial charge in [-0.2, -0.15) is 36.3 Å². The Bertz CT molecular complexity index is 1580. The molecule has 0 unspecified atom stereocenters. The highest BCUT2D eigenvalue weighted by Gasteiger charge is 2.31. The van der Waals surface area contributed by atoms with Crippen LogP contribution in [0.3, 0.4) is 0 Å². The minimum Gasteiger partial charge on any atom is -0.364 e. The van der Waals surface area contributed by atoms with Gasteiger partial charge in [0, 0.05) is 18.9 Å². The number of aromatic nitrogens is 6. The molecule has 0 aliphatic heterocycles. The monoisotopic (exact) mass is 544 g/mol. The Morgan fingerprint density at radius 2 is 1.56 bits per heavy atom. The highest BCUT2D eigenvalue weighted by atomic mass is 19.4. The maximum absolute atomic E-state index is 13.1. The van der Waals surface area contributed by atoms with E-state index in [1.54, 1.807) is 10.6 Å². The van der Waals surface area contributed by atoms with Crippen LogP contribution in [-0.4, -0.2) is 29.5 Å². The van der Waals surface area contributed by atoms with E-state index in [9.17, 15) is 26.3 Å². The molecule has 0 saturated heterocycles. The number of fused-ring (bicyclic) bond motifs is 1. The molecule has 200 valence electrons. The van der Waals surface area contributed by atoms with Crippen LogP contribution in [0.2, 0.25) is 0 Å². The number of nitrogens with one attached hydrogen (secondary N) is 2. The zero-order valence-electron chi connectivity index (χ0n) is 19.8. The van der Waals surface area contributed by atoms with E-state index in [4.69, 9.17) is 0 Å². The van der Waals surface area contributed by atoms with Crippen molar-refractivity contribution in [2.45, 2.75) is 25.4 Å². The van der Waals surface area contributed by atoms with E-state index in [1.807, 2.05) is 0 Å². The quantitative estimate of drug-likeness (QED) is 0.241. The average Bonchev–Trinajstić information content (AvgIpc) is 3.30. The van der Waals surface area contributed by atoms with E-state index in [0.717, 1.165) is 24.3 Å². The van der Waals surface area contributed by atoms with Gasteiger partial charge >= 0.3 is 12.4 Å². The number of alkyl halides is 6. The molecule has 0 bridgehead atoms. The van der Waals surface area contributed by atoms with Crippen molar-refractivity contribution in [3.05, 3.63) is 95.7 Å². The molecule has 3 aromatic heterocycles. The molecule has 0 amide bonds. The van der Waals surface area contributed by atoms with Crippen molar-refractivity contribution in [1.82, 2.24) is 29.5 Å². The minimum atomic E-state index is -4.48. The first-order valence-electron chi connectivity index (χ1n) is 11.4. The minimum absolute atomic E-state index is 0.00633. The lowest BCUT2D eigenvalue weighted by Crippen LogP contribution is -2.09. The van der Waals surface area contributed by atoms with Crippen molar-refractivity contribution in [3.63, 3.8) is 0 Å². The van der Waals surface area contributed by atoms with Gasteiger partial charge < -0.3 is 15.2 Å². The fourth-order valence-electron chi connectivity index (χ4n) is 3.76. The van der Waals surface area contributed by atoms with Gasteiger partial charge in [-0.3, -0.25) is 4.98 Å². The molecule has 0 aliphatic carbocycles. The van der Waals surface area contributed by atoms with Crippen LogP contribution >= 0.6 is 0 Å². The molecule has 3 heterocycles. The van der Waals surface area contributed by atoms with E-state index in [2.05, 4.69) is 35.6 Å². The van der Waals surface area contributed by atoms with Crippen molar-refractivity contribution in [3.8, 4) is 0 Å². The first-order chi connectivity index (χ1) is 18.6. The number of nitrogens with zero attached hydrogens (tertiary/aromatic N) is 6. The Kier molecular flexibility index (Phi) is 6.76. The smallest absolute Gasteiger partial charge is 0.364 e. The summed E-state index contributed by atoms with van der Waals surface area (Å²) in [6, 6.07) is 9.59. The predicted octanol–water partition coefficient (Wildman–Crippen LogP) is 6.06. The van der Waals surface area contributed by atoms with Crippen LogP contribution in [0.25, 0.3) is 11.2 Å². The van der Waals surface area contributed by atoms with Gasteiger partial charge in [-0.05, 0) is 35.4 Å². The van der Waals surface area contributed by atoms with Crippen LogP contribution in [0.5, 0.6) is 0 Å². The van der Waals surface area contributed by atoms with E-state index in [1.165, 1.54) is 43.1 Å². The number of imidazole rings is 1. The highest BCUT2D eigenvalue weighted by Crippen LogP contribution is 2.31. The van der Waals surface area contributed by atoms with Gasteiger partial charge in [0.2, 0.25) is 5.95 Å². The largest absolute Gasteiger partial charge is 0.416 e. The molecular weight excluding hydrogens is 526 g/mol. The molecule has 5 rings (SSSR count). The van der Waals surface area contributed by atoms with Crippen LogP contribution in [0, 0.1) is 0 Å². The number of halogens is 6.